The highest BCUT2D eigenvalue weighted by Crippen LogP contribution is 2.27. The number of aromatic hydroxyl groups is 1. The maximum atomic E-state index is 12.5. The molecule has 3 N–H and O–H groups in total. The lowest BCUT2D eigenvalue weighted by Gasteiger charge is -2.23. The number of carbonyl (C=O) groups excluding carboxylic acids is 1. The summed E-state index contributed by atoms with van der Waals surface area (Å²) in [5.41, 5.74) is 2.27. The van der Waals surface area contributed by atoms with E-state index in [1.807, 2.05) is 48.5 Å². The van der Waals surface area contributed by atoms with Gasteiger partial charge < -0.3 is 30.0 Å². The highest BCUT2D eigenvalue weighted by atomic mass is 35.5. The van der Waals surface area contributed by atoms with Crippen LogP contribution in [0, 0.1) is 0 Å². The lowest BCUT2D eigenvalue weighted by atomic mass is 10.1. The zero-order valence-corrected chi connectivity index (χ0v) is 20.9. The lowest BCUT2D eigenvalue weighted by Crippen LogP contribution is -2.34. The summed E-state index contributed by atoms with van der Waals surface area (Å²) in [7, 11) is 1.48. The van der Waals surface area contributed by atoms with Gasteiger partial charge >= 0.3 is 0 Å². The third kappa shape index (κ3) is 7.66. The van der Waals surface area contributed by atoms with E-state index in [1.165, 1.54) is 19.3 Å². The SMILES string of the molecule is COc1cc(/C=C/C(=O)Nc2ccccc2COc2ccc(OC3CCNCC3)cc2)ccc1O.Cl. The number of anilines is 1. The molecule has 0 atom stereocenters. The molecule has 4 rings (SSSR count). The Morgan fingerprint density at radius 2 is 1.78 bits per heavy atom. The summed E-state index contributed by atoms with van der Waals surface area (Å²) in [4.78, 5) is 12.5. The van der Waals surface area contributed by atoms with Crippen LogP contribution in [0.3, 0.4) is 0 Å². The van der Waals surface area contributed by atoms with E-state index in [0.717, 1.165) is 48.6 Å². The van der Waals surface area contributed by atoms with Crippen LogP contribution < -0.4 is 24.8 Å². The third-order valence-electron chi connectivity index (χ3n) is 5.71. The van der Waals surface area contributed by atoms with Gasteiger partial charge in [-0.3, -0.25) is 4.79 Å². The van der Waals surface area contributed by atoms with Crippen LogP contribution in [-0.2, 0) is 11.4 Å². The number of hydrogen-bond donors (Lipinski definition) is 3. The fourth-order valence-corrected chi connectivity index (χ4v) is 3.79. The van der Waals surface area contributed by atoms with Gasteiger partial charge in [0.15, 0.2) is 11.5 Å². The second-order valence-electron chi connectivity index (χ2n) is 8.24. The number of amides is 1. The molecular weight excluding hydrogens is 480 g/mol. The summed E-state index contributed by atoms with van der Waals surface area (Å²) < 4.78 is 17.1. The summed E-state index contributed by atoms with van der Waals surface area (Å²) in [6.45, 7) is 2.29. The average molecular weight is 511 g/mol. The van der Waals surface area contributed by atoms with Crippen LogP contribution >= 0.6 is 12.4 Å². The third-order valence-corrected chi connectivity index (χ3v) is 5.71. The number of methoxy groups -OCH3 is 1. The first kappa shape index (κ1) is 26.9. The molecule has 0 aromatic heterocycles. The second-order valence-corrected chi connectivity index (χ2v) is 8.24. The minimum atomic E-state index is -0.274. The van der Waals surface area contributed by atoms with Crippen LogP contribution in [0.5, 0.6) is 23.0 Å². The van der Waals surface area contributed by atoms with Gasteiger partial charge in [0, 0.05) is 17.3 Å². The fourth-order valence-electron chi connectivity index (χ4n) is 3.79. The minimum absolute atomic E-state index is 0. The van der Waals surface area contributed by atoms with Crippen molar-refractivity contribution in [3.05, 3.63) is 83.9 Å². The van der Waals surface area contributed by atoms with Gasteiger partial charge in [-0.15, -0.1) is 12.4 Å². The summed E-state index contributed by atoms with van der Waals surface area (Å²) in [6.07, 6.45) is 5.37. The van der Waals surface area contributed by atoms with Crippen LogP contribution in [0.1, 0.15) is 24.0 Å². The molecule has 3 aromatic rings. The molecule has 0 bridgehead atoms. The monoisotopic (exact) mass is 510 g/mol. The predicted molar refractivity (Wildman–Crippen MR) is 143 cm³/mol. The fraction of sp³-hybridized carbons (Fsp3) is 0.250. The smallest absolute Gasteiger partial charge is 0.248 e. The number of halogens is 1. The van der Waals surface area contributed by atoms with Crippen molar-refractivity contribution in [1.29, 1.82) is 0 Å². The number of piperidine rings is 1. The molecule has 7 nitrogen and oxygen atoms in total. The van der Waals surface area contributed by atoms with E-state index in [1.54, 1.807) is 18.2 Å². The molecular formula is C28H31ClN2O5. The Labute approximate surface area is 217 Å². The molecule has 8 heteroatoms. The largest absolute Gasteiger partial charge is 0.504 e. The van der Waals surface area contributed by atoms with Crippen molar-refractivity contribution in [2.45, 2.75) is 25.6 Å². The summed E-state index contributed by atoms with van der Waals surface area (Å²) in [5, 5.41) is 15.9. The molecule has 3 aromatic carbocycles. The molecule has 1 saturated heterocycles. The van der Waals surface area contributed by atoms with Crippen molar-refractivity contribution in [3.63, 3.8) is 0 Å². The normalized spacial score (nSPS) is 13.6. The van der Waals surface area contributed by atoms with Crippen LogP contribution in [0.15, 0.2) is 72.8 Å². The highest BCUT2D eigenvalue weighted by molar-refractivity contribution is 6.02. The molecule has 0 saturated carbocycles. The Kier molecular flexibility index (Phi) is 10.0. The molecule has 1 aliphatic rings. The number of rotatable bonds is 9. The Morgan fingerprint density at radius 1 is 1.06 bits per heavy atom. The topological polar surface area (TPSA) is 89.1 Å². The maximum Gasteiger partial charge on any atom is 0.248 e. The molecule has 1 heterocycles. The van der Waals surface area contributed by atoms with Crippen molar-refractivity contribution >= 4 is 30.1 Å². The Morgan fingerprint density at radius 3 is 2.53 bits per heavy atom. The van der Waals surface area contributed by atoms with Gasteiger partial charge in [-0.2, -0.15) is 0 Å². The first-order chi connectivity index (χ1) is 17.1. The van der Waals surface area contributed by atoms with Crippen molar-refractivity contribution in [2.75, 3.05) is 25.5 Å². The quantitative estimate of drug-likeness (QED) is 0.343. The maximum absolute atomic E-state index is 12.5. The number of phenols is 1. The highest BCUT2D eigenvalue weighted by Gasteiger charge is 2.14. The Bertz CT molecular complexity index is 1160. The van der Waals surface area contributed by atoms with Gasteiger partial charge in [0.2, 0.25) is 5.91 Å². The number of ether oxygens (including phenoxy) is 3. The zero-order valence-electron chi connectivity index (χ0n) is 20.1. The van der Waals surface area contributed by atoms with E-state index in [0.29, 0.717) is 18.0 Å². The first-order valence-electron chi connectivity index (χ1n) is 11.6. The van der Waals surface area contributed by atoms with Crippen LogP contribution in [0.2, 0.25) is 0 Å². The van der Waals surface area contributed by atoms with E-state index < -0.39 is 0 Å². The van der Waals surface area contributed by atoms with Crippen LogP contribution in [0.4, 0.5) is 5.69 Å². The number of hydrogen-bond acceptors (Lipinski definition) is 6. The molecule has 1 fully saturated rings. The summed E-state index contributed by atoms with van der Waals surface area (Å²) in [5.74, 6) is 1.69. The minimum Gasteiger partial charge on any atom is -0.504 e. The van der Waals surface area contributed by atoms with E-state index >= 15 is 0 Å². The number of carbonyl (C=O) groups is 1. The van der Waals surface area contributed by atoms with Gasteiger partial charge in [-0.05, 0) is 80.0 Å². The van der Waals surface area contributed by atoms with Gasteiger partial charge in [-0.25, -0.2) is 0 Å². The average Bonchev–Trinajstić information content (AvgIpc) is 2.89. The van der Waals surface area contributed by atoms with Crippen molar-refractivity contribution in [2.24, 2.45) is 0 Å². The first-order valence-corrected chi connectivity index (χ1v) is 11.6. The van der Waals surface area contributed by atoms with E-state index in [2.05, 4.69) is 10.6 Å². The zero-order chi connectivity index (χ0) is 24.5. The van der Waals surface area contributed by atoms with E-state index in [4.69, 9.17) is 14.2 Å². The number of phenolic OH excluding ortho intramolecular Hbond substituents is 1. The Balaban J connectivity index is 0.00000361. The summed E-state index contributed by atoms with van der Waals surface area (Å²) in [6, 6.07) is 20.0. The van der Waals surface area contributed by atoms with Crippen molar-refractivity contribution < 1.29 is 24.1 Å². The molecule has 0 radical (unpaired) electrons. The number of benzene rings is 3. The van der Waals surface area contributed by atoms with Gasteiger partial charge in [0.1, 0.15) is 24.2 Å². The number of para-hydroxylation sites is 1. The predicted octanol–water partition coefficient (Wildman–Crippen LogP) is 5.18. The molecule has 0 spiro atoms. The number of nitrogens with one attached hydrogen (secondary N) is 2. The molecule has 1 amide bonds. The standard InChI is InChI=1S/C28H30N2O5.ClH/c1-33-27-18-20(6-12-26(27)31)7-13-28(32)30-25-5-3-2-4-21(25)19-34-22-8-10-23(11-9-22)35-24-14-16-29-17-15-24;/h2-13,18,24,29,31H,14-17,19H2,1H3,(H,30,32);1H/b13-7+;. The van der Waals surface area contributed by atoms with Gasteiger partial charge in [0.05, 0.1) is 7.11 Å². The van der Waals surface area contributed by atoms with E-state index in [-0.39, 0.29) is 30.2 Å². The van der Waals surface area contributed by atoms with Gasteiger partial charge in [-0.1, -0.05) is 24.3 Å². The van der Waals surface area contributed by atoms with Crippen molar-refractivity contribution in [3.8, 4) is 23.0 Å². The van der Waals surface area contributed by atoms with Crippen LogP contribution in [0.25, 0.3) is 6.08 Å². The second kappa shape index (κ2) is 13.4. The molecule has 36 heavy (non-hydrogen) atoms. The molecule has 0 aliphatic carbocycles. The van der Waals surface area contributed by atoms with Crippen LogP contribution in [-0.4, -0.2) is 37.3 Å². The van der Waals surface area contributed by atoms with Crippen molar-refractivity contribution in [1.82, 2.24) is 5.32 Å². The summed E-state index contributed by atoms with van der Waals surface area (Å²) >= 11 is 0. The molecule has 1 aliphatic heterocycles. The Hall–Kier alpha value is -3.68. The molecule has 0 unspecified atom stereocenters. The van der Waals surface area contributed by atoms with Gasteiger partial charge in [0.25, 0.3) is 0 Å². The van der Waals surface area contributed by atoms with E-state index in [9.17, 15) is 9.90 Å². The lowest BCUT2D eigenvalue weighted by molar-refractivity contribution is -0.111. The molecule has 190 valence electrons.